The first kappa shape index (κ1) is 20.6. The van der Waals surface area contributed by atoms with Crippen LogP contribution in [0, 0.1) is 0 Å². The van der Waals surface area contributed by atoms with Crippen LogP contribution < -0.4 is 11.1 Å². The molecule has 10 nitrogen and oxygen atoms in total. The number of methoxy groups -OCH3 is 1. The monoisotopic (exact) mass is 406 g/mol. The predicted octanol–water partition coefficient (Wildman–Crippen LogP) is 2.47. The Bertz CT molecular complexity index is 1070. The lowest BCUT2D eigenvalue weighted by Crippen LogP contribution is -2.21. The van der Waals surface area contributed by atoms with Gasteiger partial charge < -0.3 is 20.4 Å². The number of hydrogen-bond acceptors (Lipinski definition) is 8. The zero-order chi connectivity index (χ0) is 21.5. The molecule has 0 bridgehead atoms. The second kappa shape index (κ2) is 9.41. The van der Waals surface area contributed by atoms with E-state index in [0.717, 1.165) is 0 Å². The first-order chi connectivity index (χ1) is 14.5. The minimum absolute atomic E-state index is 0.0545. The molecule has 0 saturated heterocycles. The highest BCUT2D eigenvalue weighted by atomic mass is 16.5. The van der Waals surface area contributed by atoms with Crippen molar-refractivity contribution >= 4 is 23.6 Å². The lowest BCUT2D eigenvalue weighted by molar-refractivity contribution is -0.112. The maximum atomic E-state index is 12.8. The van der Waals surface area contributed by atoms with Gasteiger partial charge in [-0.3, -0.25) is 14.8 Å². The van der Waals surface area contributed by atoms with E-state index in [1.807, 2.05) is 18.4 Å². The van der Waals surface area contributed by atoms with Crippen LogP contribution in [0.1, 0.15) is 19.9 Å². The molecule has 0 saturated carbocycles. The Morgan fingerprint density at radius 1 is 1.30 bits per heavy atom. The van der Waals surface area contributed by atoms with Crippen molar-refractivity contribution in [1.29, 1.82) is 0 Å². The number of aliphatic imine (C=N–C) groups is 1. The van der Waals surface area contributed by atoms with Crippen LogP contribution in [0.5, 0.6) is 0 Å². The standard InChI is InChI=1S/C20H22N8O2/c1-13(2)28-12-24-27-19(28)16-7-4-8-17(25-16)26-20(29)15(18(21)30-3)11-23-14-6-5-9-22-10-14/h4-13H,21H2,1-3H3,(H,25,26,29)/b18-15-,23-11?. The second-order valence-electron chi connectivity index (χ2n) is 6.47. The van der Waals surface area contributed by atoms with Crippen LogP contribution in [0.15, 0.2) is 65.5 Å². The van der Waals surface area contributed by atoms with Gasteiger partial charge in [-0.1, -0.05) is 6.07 Å². The highest BCUT2D eigenvalue weighted by Crippen LogP contribution is 2.20. The Kier molecular flexibility index (Phi) is 6.48. The summed E-state index contributed by atoms with van der Waals surface area (Å²) < 4.78 is 6.92. The van der Waals surface area contributed by atoms with E-state index in [1.54, 1.807) is 49.1 Å². The summed E-state index contributed by atoms with van der Waals surface area (Å²) in [6.45, 7) is 4.04. The van der Waals surface area contributed by atoms with Crippen LogP contribution in [-0.2, 0) is 9.53 Å². The number of amides is 1. The number of hydrogen-bond donors (Lipinski definition) is 2. The maximum Gasteiger partial charge on any atom is 0.263 e. The van der Waals surface area contributed by atoms with Crippen LogP contribution in [0.4, 0.5) is 11.5 Å². The molecule has 0 aliphatic carbocycles. The number of carbonyl (C=O) groups is 1. The van der Waals surface area contributed by atoms with Crippen LogP contribution in [-0.4, -0.2) is 44.0 Å². The van der Waals surface area contributed by atoms with Crippen molar-refractivity contribution in [2.24, 2.45) is 10.7 Å². The van der Waals surface area contributed by atoms with E-state index >= 15 is 0 Å². The van der Waals surface area contributed by atoms with Crippen molar-refractivity contribution in [1.82, 2.24) is 24.7 Å². The highest BCUT2D eigenvalue weighted by Gasteiger charge is 2.16. The number of anilines is 1. The summed E-state index contributed by atoms with van der Waals surface area (Å²) in [6, 6.07) is 8.87. The maximum absolute atomic E-state index is 12.8. The SMILES string of the molecule is CO/C(N)=C(/C=Nc1cccnc1)C(=O)Nc1cccc(-c2nncn2C(C)C)n1. The molecular formula is C20H22N8O2. The van der Waals surface area contributed by atoms with E-state index in [9.17, 15) is 4.79 Å². The topological polar surface area (TPSA) is 133 Å². The number of ether oxygens (including phenoxy) is 1. The van der Waals surface area contributed by atoms with Crippen molar-refractivity contribution in [2.75, 3.05) is 12.4 Å². The lowest BCUT2D eigenvalue weighted by atomic mass is 10.2. The second-order valence-corrected chi connectivity index (χ2v) is 6.47. The average Bonchev–Trinajstić information content (AvgIpc) is 3.25. The summed E-state index contributed by atoms with van der Waals surface area (Å²) in [5.74, 6) is 0.339. The minimum Gasteiger partial charge on any atom is -0.482 e. The molecule has 1 amide bonds. The largest absolute Gasteiger partial charge is 0.482 e. The summed E-state index contributed by atoms with van der Waals surface area (Å²) in [5.41, 5.74) is 7.04. The van der Waals surface area contributed by atoms with Gasteiger partial charge in [-0.2, -0.15) is 0 Å². The molecule has 3 aromatic rings. The zero-order valence-corrected chi connectivity index (χ0v) is 16.9. The van der Waals surface area contributed by atoms with Gasteiger partial charge in [-0.15, -0.1) is 10.2 Å². The van der Waals surface area contributed by atoms with Gasteiger partial charge in [0.1, 0.15) is 23.4 Å². The predicted molar refractivity (Wildman–Crippen MR) is 113 cm³/mol. The average molecular weight is 406 g/mol. The molecule has 30 heavy (non-hydrogen) atoms. The molecule has 0 spiro atoms. The third-order valence-corrected chi connectivity index (χ3v) is 4.07. The molecule has 0 radical (unpaired) electrons. The van der Waals surface area contributed by atoms with Gasteiger partial charge in [0.25, 0.3) is 5.91 Å². The van der Waals surface area contributed by atoms with E-state index in [2.05, 4.69) is 30.5 Å². The molecule has 0 fully saturated rings. The molecule has 3 rings (SSSR count). The molecule has 3 N–H and O–H groups in total. The van der Waals surface area contributed by atoms with Gasteiger partial charge in [-0.05, 0) is 38.1 Å². The molecule has 3 heterocycles. The fraction of sp³-hybridized carbons (Fsp3) is 0.200. The van der Waals surface area contributed by atoms with Gasteiger partial charge >= 0.3 is 0 Å². The number of aromatic nitrogens is 5. The van der Waals surface area contributed by atoms with Gasteiger partial charge in [-0.25, -0.2) is 4.98 Å². The van der Waals surface area contributed by atoms with Crippen molar-refractivity contribution in [3.05, 3.63) is 60.5 Å². The normalized spacial score (nSPS) is 12.1. The zero-order valence-electron chi connectivity index (χ0n) is 16.9. The summed E-state index contributed by atoms with van der Waals surface area (Å²) in [7, 11) is 1.37. The van der Waals surface area contributed by atoms with E-state index < -0.39 is 5.91 Å². The van der Waals surface area contributed by atoms with Crippen molar-refractivity contribution in [3.63, 3.8) is 0 Å². The van der Waals surface area contributed by atoms with E-state index in [0.29, 0.717) is 23.0 Å². The molecule has 0 aliphatic rings. The summed E-state index contributed by atoms with van der Waals surface area (Å²) in [5, 5.41) is 10.8. The number of pyridine rings is 2. The molecular weight excluding hydrogens is 384 g/mol. The molecule has 0 aliphatic heterocycles. The van der Waals surface area contributed by atoms with Gasteiger partial charge in [0, 0.05) is 18.5 Å². The van der Waals surface area contributed by atoms with Crippen LogP contribution >= 0.6 is 0 Å². The van der Waals surface area contributed by atoms with Crippen molar-refractivity contribution < 1.29 is 9.53 Å². The molecule has 0 unspecified atom stereocenters. The third-order valence-electron chi connectivity index (χ3n) is 4.07. The van der Waals surface area contributed by atoms with Crippen LogP contribution in [0.2, 0.25) is 0 Å². The Morgan fingerprint density at radius 2 is 2.13 bits per heavy atom. The van der Waals surface area contributed by atoms with E-state index in [1.165, 1.54) is 13.3 Å². The third kappa shape index (κ3) is 4.85. The highest BCUT2D eigenvalue weighted by molar-refractivity contribution is 6.18. The molecule has 3 aromatic heterocycles. The number of nitrogens with two attached hydrogens (primary N) is 1. The Balaban J connectivity index is 1.84. The van der Waals surface area contributed by atoms with Crippen LogP contribution in [0.3, 0.4) is 0 Å². The van der Waals surface area contributed by atoms with Crippen LogP contribution in [0.25, 0.3) is 11.5 Å². The van der Waals surface area contributed by atoms with Gasteiger partial charge in [0.2, 0.25) is 0 Å². The number of nitrogens with one attached hydrogen (secondary N) is 1. The lowest BCUT2D eigenvalue weighted by Gasteiger charge is -2.11. The van der Waals surface area contributed by atoms with Gasteiger partial charge in [0.15, 0.2) is 11.7 Å². The first-order valence-corrected chi connectivity index (χ1v) is 9.15. The number of nitrogens with zero attached hydrogens (tertiary/aromatic N) is 6. The van der Waals surface area contributed by atoms with Crippen molar-refractivity contribution in [3.8, 4) is 11.5 Å². The minimum atomic E-state index is -0.517. The molecule has 154 valence electrons. The fourth-order valence-corrected chi connectivity index (χ4v) is 2.53. The van der Waals surface area contributed by atoms with E-state index in [-0.39, 0.29) is 17.5 Å². The van der Waals surface area contributed by atoms with Gasteiger partial charge in [0.05, 0.1) is 19.0 Å². The van der Waals surface area contributed by atoms with Crippen molar-refractivity contribution in [2.45, 2.75) is 19.9 Å². The van der Waals surface area contributed by atoms with E-state index in [4.69, 9.17) is 10.5 Å². The molecule has 0 atom stereocenters. The summed E-state index contributed by atoms with van der Waals surface area (Å²) in [6.07, 6.45) is 6.15. The molecule has 10 heteroatoms. The molecule has 0 aromatic carbocycles. The summed E-state index contributed by atoms with van der Waals surface area (Å²) >= 11 is 0. The quantitative estimate of drug-likeness (QED) is 0.350. The Morgan fingerprint density at radius 3 is 2.83 bits per heavy atom. The summed E-state index contributed by atoms with van der Waals surface area (Å²) in [4.78, 5) is 25.5. The number of carbonyl (C=O) groups excluding carboxylic acids is 1. The smallest absolute Gasteiger partial charge is 0.263 e. The Labute approximate surface area is 173 Å². The first-order valence-electron chi connectivity index (χ1n) is 9.15. The Hall–Kier alpha value is -4.08. The number of rotatable bonds is 7. The fourth-order valence-electron chi connectivity index (χ4n) is 2.53.